The smallest absolute Gasteiger partial charge is 0.328 e. The lowest BCUT2D eigenvalue weighted by Gasteiger charge is -2.18. The average Bonchev–Trinajstić information content (AvgIpc) is 3.28. The fourth-order valence-corrected chi connectivity index (χ4v) is 3.06. The molecule has 1 aliphatic rings. The Morgan fingerprint density at radius 1 is 1.11 bits per heavy atom. The molecule has 6 nitrogen and oxygen atoms in total. The summed E-state index contributed by atoms with van der Waals surface area (Å²) in [5.74, 6) is -0.0948. The van der Waals surface area contributed by atoms with Crippen LogP contribution in [0.2, 0.25) is 0 Å². The first kappa shape index (κ1) is 19.9. The zero-order chi connectivity index (χ0) is 19.8. The van der Waals surface area contributed by atoms with Crippen molar-refractivity contribution in [2.24, 2.45) is 5.92 Å². The van der Waals surface area contributed by atoms with E-state index in [1.165, 1.54) is 7.11 Å². The van der Waals surface area contributed by atoms with E-state index in [1.807, 2.05) is 54.6 Å². The summed E-state index contributed by atoms with van der Waals surface area (Å²) >= 11 is 0. The number of nitrogens with one attached hydrogen (secondary N) is 1. The van der Waals surface area contributed by atoms with Gasteiger partial charge in [-0.3, -0.25) is 4.79 Å². The molecular formula is C22H25NO5. The quantitative estimate of drug-likeness (QED) is 0.709. The van der Waals surface area contributed by atoms with Crippen LogP contribution in [0.25, 0.3) is 0 Å². The normalized spacial score (nSPS) is 17.0. The molecule has 1 aliphatic heterocycles. The summed E-state index contributed by atoms with van der Waals surface area (Å²) in [7, 11) is 1.32. The molecule has 0 radical (unpaired) electrons. The highest BCUT2D eigenvalue weighted by atomic mass is 16.5. The van der Waals surface area contributed by atoms with E-state index in [-0.39, 0.29) is 11.8 Å². The number of carbonyl (C=O) groups is 2. The maximum atomic E-state index is 12.3. The van der Waals surface area contributed by atoms with Gasteiger partial charge in [0.25, 0.3) is 0 Å². The number of hydrogen-bond donors (Lipinski definition) is 1. The highest BCUT2D eigenvalue weighted by molar-refractivity contribution is 5.86. The van der Waals surface area contributed by atoms with Crippen LogP contribution in [0.3, 0.4) is 0 Å². The summed E-state index contributed by atoms with van der Waals surface area (Å²) in [6.45, 7) is 1.46. The van der Waals surface area contributed by atoms with Crippen LogP contribution in [0.5, 0.6) is 5.75 Å². The van der Waals surface area contributed by atoms with Gasteiger partial charge in [-0.1, -0.05) is 42.5 Å². The minimum absolute atomic E-state index is 0.171. The van der Waals surface area contributed by atoms with Gasteiger partial charge in [-0.15, -0.1) is 0 Å². The number of amides is 1. The van der Waals surface area contributed by atoms with Gasteiger partial charge in [-0.2, -0.15) is 0 Å². The number of hydrogen-bond acceptors (Lipinski definition) is 5. The molecule has 0 spiro atoms. The highest BCUT2D eigenvalue weighted by Gasteiger charge is 2.28. The number of benzene rings is 2. The van der Waals surface area contributed by atoms with Crippen LogP contribution in [0.1, 0.15) is 17.5 Å². The molecule has 0 aromatic heterocycles. The lowest BCUT2D eigenvalue weighted by Crippen LogP contribution is -2.45. The summed E-state index contributed by atoms with van der Waals surface area (Å²) in [6.07, 6.45) is 1.03. The molecule has 1 amide bonds. The van der Waals surface area contributed by atoms with Gasteiger partial charge in [0.2, 0.25) is 5.91 Å². The second-order valence-corrected chi connectivity index (χ2v) is 6.77. The van der Waals surface area contributed by atoms with Crippen LogP contribution in [-0.4, -0.2) is 38.2 Å². The van der Waals surface area contributed by atoms with Crippen molar-refractivity contribution in [1.82, 2.24) is 5.32 Å². The molecule has 1 heterocycles. The summed E-state index contributed by atoms with van der Waals surface area (Å²) in [6, 6.07) is 16.7. The first-order valence-electron chi connectivity index (χ1n) is 9.37. The Hall–Kier alpha value is -2.86. The van der Waals surface area contributed by atoms with Crippen molar-refractivity contribution in [2.45, 2.75) is 25.5 Å². The van der Waals surface area contributed by atoms with Crippen LogP contribution < -0.4 is 10.1 Å². The maximum absolute atomic E-state index is 12.3. The van der Waals surface area contributed by atoms with Crippen molar-refractivity contribution in [1.29, 1.82) is 0 Å². The molecule has 3 rings (SSSR count). The van der Waals surface area contributed by atoms with Crippen molar-refractivity contribution < 1.29 is 23.8 Å². The summed E-state index contributed by atoms with van der Waals surface area (Å²) in [5, 5.41) is 2.79. The molecule has 0 aliphatic carbocycles. The van der Waals surface area contributed by atoms with E-state index in [2.05, 4.69) is 5.32 Å². The van der Waals surface area contributed by atoms with Gasteiger partial charge in [0.1, 0.15) is 18.4 Å². The minimum Gasteiger partial charge on any atom is -0.489 e. The molecular weight excluding hydrogens is 358 g/mol. The number of esters is 1. The molecule has 1 N–H and O–H groups in total. The molecule has 28 heavy (non-hydrogen) atoms. The number of methoxy groups -OCH3 is 1. The first-order chi connectivity index (χ1) is 13.7. The molecule has 2 aromatic carbocycles. The van der Waals surface area contributed by atoms with Crippen molar-refractivity contribution in [3.8, 4) is 5.75 Å². The standard InChI is InChI=1S/C22H25NO5/c1-26-22(25)20(23-21(24)18-11-12-27-15-18)13-16-7-9-19(10-8-16)28-14-17-5-3-2-4-6-17/h2-10,18,20H,11-15H2,1H3,(H,23,24)/t18-,20+/m0/s1. The van der Waals surface area contributed by atoms with E-state index in [4.69, 9.17) is 14.2 Å². The van der Waals surface area contributed by atoms with E-state index < -0.39 is 12.0 Å². The lowest BCUT2D eigenvalue weighted by molar-refractivity contribution is -0.145. The molecule has 2 aromatic rings. The van der Waals surface area contributed by atoms with Crippen LogP contribution in [-0.2, 0) is 32.1 Å². The average molecular weight is 383 g/mol. The van der Waals surface area contributed by atoms with Crippen LogP contribution in [0, 0.1) is 5.92 Å². The molecule has 2 atom stereocenters. The minimum atomic E-state index is -0.728. The number of rotatable bonds is 8. The van der Waals surface area contributed by atoms with Crippen LogP contribution >= 0.6 is 0 Å². The fraction of sp³-hybridized carbons (Fsp3) is 0.364. The number of ether oxygens (including phenoxy) is 3. The Labute approximate surface area is 164 Å². The maximum Gasteiger partial charge on any atom is 0.328 e. The van der Waals surface area contributed by atoms with Gasteiger partial charge in [0.05, 0.1) is 19.6 Å². The van der Waals surface area contributed by atoms with Gasteiger partial charge in [-0.05, 0) is 29.7 Å². The Kier molecular flexibility index (Phi) is 7.03. The third-order valence-electron chi connectivity index (χ3n) is 4.71. The molecule has 148 valence electrons. The summed E-state index contributed by atoms with van der Waals surface area (Å²) < 4.78 is 15.9. The van der Waals surface area contributed by atoms with Gasteiger partial charge >= 0.3 is 5.97 Å². The lowest BCUT2D eigenvalue weighted by atomic mass is 10.0. The van der Waals surface area contributed by atoms with Crippen LogP contribution in [0.15, 0.2) is 54.6 Å². The molecule has 6 heteroatoms. The van der Waals surface area contributed by atoms with Gasteiger partial charge in [0, 0.05) is 13.0 Å². The van der Waals surface area contributed by atoms with Crippen molar-refractivity contribution in [3.63, 3.8) is 0 Å². The third-order valence-corrected chi connectivity index (χ3v) is 4.71. The second kappa shape index (κ2) is 9.90. The van der Waals surface area contributed by atoms with Crippen LogP contribution in [0.4, 0.5) is 0 Å². The first-order valence-corrected chi connectivity index (χ1v) is 9.37. The number of carbonyl (C=O) groups excluding carboxylic acids is 2. The third kappa shape index (κ3) is 5.57. The molecule has 1 saturated heterocycles. The van der Waals surface area contributed by atoms with Gasteiger partial charge in [0.15, 0.2) is 0 Å². The molecule has 0 saturated carbocycles. The monoisotopic (exact) mass is 383 g/mol. The van der Waals surface area contributed by atoms with Crippen molar-refractivity contribution in [2.75, 3.05) is 20.3 Å². The molecule has 0 bridgehead atoms. The van der Waals surface area contributed by atoms with Gasteiger partial charge in [-0.25, -0.2) is 4.79 Å². The summed E-state index contributed by atoms with van der Waals surface area (Å²) in [4.78, 5) is 24.4. The van der Waals surface area contributed by atoms with E-state index in [0.717, 1.165) is 16.9 Å². The Balaban J connectivity index is 1.57. The molecule has 1 fully saturated rings. The van der Waals surface area contributed by atoms with E-state index >= 15 is 0 Å². The predicted molar refractivity (Wildman–Crippen MR) is 104 cm³/mol. The zero-order valence-corrected chi connectivity index (χ0v) is 15.9. The zero-order valence-electron chi connectivity index (χ0n) is 15.9. The molecule has 0 unspecified atom stereocenters. The largest absolute Gasteiger partial charge is 0.489 e. The Morgan fingerprint density at radius 3 is 2.50 bits per heavy atom. The van der Waals surface area contributed by atoms with Gasteiger partial charge < -0.3 is 19.5 Å². The highest BCUT2D eigenvalue weighted by Crippen LogP contribution is 2.17. The van der Waals surface area contributed by atoms with E-state index in [1.54, 1.807) is 0 Å². The predicted octanol–water partition coefficient (Wildman–Crippen LogP) is 2.50. The SMILES string of the molecule is COC(=O)[C@@H](Cc1ccc(OCc2ccccc2)cc1)NC(=O)[C@H]1CCOC1. The second-order valence-electron chi connectivity index (χ2n) is 6.77. The van der Waals surface area contributed by atoms with E-state index in [0.29, 0.717) is 32.7 Å². The topological polar surface area (TPSA) is 73.9 Å². The van der Waals surface area contributed by atoms with E-state index in [9.17, 15) is 9.59 Å². The summed E-state index contributed by atoms with van der Waals surface area (Å²) in [5.41, 5.74) is 2.00. The van der Waals surface area contributed by atoms with Crippen molar-refractivity contribution >= 4 is 11.9 Å². The Bertz CT molecular complexity index is 769. The fourth-order valence-electron chi connectivity index (χ4n) is 3.06. The Morgan fingerprint density at radius 2 is 1.86 bits per heavy atom. The van der Waals surface area contributed by atoms with Crippen molar-refractivity contribution in [3.05, 3.63) is 65.7 Å².